The number of ketones is 2. The average molecular weight is 842 g/mol. The zero-order valence-corrected chi connectivity index (χ0v) is 39.1. The van der Waals surface area contributed by atoms with Gasteiger partial charge in [0.25, 0.3) is 0 Å². The molecular formula is C47H79N5O8. The maximum absolute atomic E-state index is 14.4. The van der Waals surface area contributed by atoms with E-state index < -0.39 is 36.2 Å². The molecule has 1 N–H and O–H groups in total. The highest BCUT2D eigenvalue weighted by Gasteiger charge is 2.43. The number of benzene rings is 1. The predicted octanol–water partition coefficient (Wildman–Crippen LogP) is 6.10. The van der Waals surface area contributed by atoms with Crippen molar-refractivity contribution >= 4 is 29.5 Å². The third kappa shape index (κ3) is 13.3. The number of hydrogen-bond acceptors (Lipinski definition) is 10. The van der Waals surface area contributed by atoms with E-state index >= 15 is 0 Å². The van der Waals surface area contributed by atoms with E-state index in [0.717, 1.165) is 18.4 Å². The van der Waals surface area contributed by atoms with Gasteiger partial charge >= 0.3 is 6.09 Å². The van der Waals surface area contributed by atoms with Crippen LogP contribution >= 0.6 is 0 Å². The van der Waals surface area contributed by atoms with E-state index in [1.54, 1.807) is 31.1 Å². The lowest BCUT2D eigenvalue weighted by Crippen LogP contribution is -2.54. The summed E-state index contributed by atoms with van der Waals surface area (Å²) in [6.07, 6.45) is 0.415. The minimum atomic E-state index is -0.615. The Morgan fingerprint density at radius 2 is 1.43 bits per heavy atom. The first-order chi connectivity index (χ1) is 28.4. The van der Waals surface area contributed by atoms with Gasteiger partial charge in [0.1, 0.15) is 11.9 Å². The lowest BCUT2D eigenvalue weighted by molar-refractivity contribution is -0.149. The van der Waals surface area contributed by atoms with Gasteiger partial charge in [0.2, 0.25) is 11.8 Å². The number of likely N-dealkylation sites (tertiary alicyclic amines) is 1. The highest BCUT2D eigenvalue weighted by molar-refractivity contribution is 5.90. The summed E-state index contributed by atoms with van der Waals surface area (Å²) >= 11 is 0. The Kier molecular flexibility index (Phi) is 20.6. The van der Waals surface area contributed by atoms with E-state index in [4.69, 9.17) is 14.2 Å². The van der Waals surface area contributed by atoms with Gasteiger partial charge in [-0.1, -0.05) is 92.1 Å². The molecule has 0 saturated carbocycles. The summed E-state index contributed by atoms with van der Waals surface area (Å²) in [5.74, 6) is -1.54. The molecule has 0 radical (unpaired) electrons. The molecule has 340 valence electrons. The van der Waals surface area contributed by atoms with Crippen LogP contribution in [0.3, 0.4) is 0 Å². The molecule has 0 spiro atoms. The Hall–Kier alpha value is -3.39. The molecule has 0 aromatic heterocycles. The van der Waals surface area contributed by atoms with E-state index in [-0.39, 0.29) is 84.5 Å². The van der Waals surface area contributed by atoms with Crippen LogP contribution in [-0.2, 0) is 33.4 Å². The molecule has 3 rings (SSSR count). The number of piperazine rings is 1. The molecule has 2 fully saturated rings. The fourth-order valence-corrected chi connectivity index (χ4v) is 9.60. The molecule has 60 heavy (non-hydrogen) atoms. The second-order valence-electron chi connectivity index (χ2n) is 18.4. The second-order valence-corrected chi connectivity index (χ2v) is 18.4. The third-order valence-electron chi connectivity index (χ3n) is 13.2. The highest BCUT2D eigenvalue weighted by Crippen LogP contribution is 2.34. The normalized spacial score (nSPS) is 20.6. The average Bonchev–Trinajstić information content (AvgIpc) is 3.71. The molecule has 10 atom stereocenters. The van der Waals surface area contributed by atoms with Crippen LogP contribution in [0.4, 0.5) is 4.79 Å². The van der Waals surface area contributed by atoms with Crippen LogP contribution < -0.4 is 5.32 Å². The molecule has 1 aromatic rings. The quantitative estimate of drug-likeness (QED) is 0.138. The number of carbonyl (C=O) groups excluding carboxylic acids is 5. The Balaban J connectivity index is 1.78. The number of likely N-dealkylation sites (N-methyl/N-ethyl adjacent to an activating group) is 2. The Morgan fingerprint density at radius 3 is 1.97 bits per heavy atom. The van der Waals surface area contributed by atoms with Crippen molar-refractivity contribution in [2.24, 2.45) is 35.5 Å². The van der Waals surface area contributed by atoms with E-state index in [1.807, 2.05) is 95.8 Å². The zero-order chi connectivity index (χ0) is 44.8. The number of nitrogens with one attached hydrogen (secondary N) is 1. The predicted molar refractivity (Wildman–Crippen MR) is 235 cm³/mol. The molecule has 1 aromatic carbocycles. The summed E-state index contributed by atoms with van der Waals surface area (Å²) in [5, 5.41) is 3.26. The minimum Gasteiger partial charge on any atom is -0.441 e. The van der Waals surface area contributed by atoms with Crippen molar-refractivity contribution in [1.82, 2.24) is 24.9 Å². The SMILES string of the molecule is CC[C@H](C)[C@@H](C(CC(=O)N1CCC[C@H]1[C@H](OC)[C@@H](C)C(=O)C[C@H](C)[C@@H](OC(=O)N1CCNCC1)c1ccccc1)OC)N(C)C(=O)[C@@H](CC(=O)[C@H](C(C)C)N(C)C)C(C)C. The summed E-state index contributed by atoms with van der Waals surface area (Å²) in [6, 6.07) is 8.53. The first-order valence-corrected chi connectivity index (χ1v) is 22.4. The van der Waals surface area contributed by atoms with Crippen LogP contribution in [-0.4, -0.2) is 147 Å². The topological polar surface area (TPSA) is 138 Å². The van der Waals surface area contributed by atoms with Crippen molar-refractivity contribution in [2.75, 3.05) is 68.1 Å². The number of ether oxygens (including phenoxy) is 3. The standard InChI is InChI=1S/C47H79N5O8/c1-14-32(6)43(50(11)46(56)36(30(2)3)28-39(54)42(31(4)5)49(9)10)40(58-12)29-41(55)52-24-18-21-37(52)45(59-13)34(8)38(53)27-33(7)44(35-19-16-15-17-20-35)60-47(57)51-25-22-48-23-26-51/h15-17,19-20,30-34,36-37,40,42-45,48H,14,18,21-29H2,1-13H3/t32-,33-,34-,36-,37-,40?,42-,43-,44+,45+/m0/s1. The maximum Gasteiger partial charge on any atom is 0.410 e. The van der Waals surface area contributed by atoms with Crippen molar-refractivity contribution in [2.45, 2.75) is 130 Å². The minimum absolute atomic E-state index is 0.00183. The lowest BCUT2D eigenvalue weighted by atomic mass is 9.83. The molecule has 13 heteroatoms. The van der Waals surface area contributed by atoms with E-state index in [9.17, 15) is 24.0 Å². The molecule has 2 aliphatic heterocycles. The highest BCUT2D eigenvalue weighted by atomic mass is 16.6. The lowest BCUT2D eigenvalue weighted by Gasteiger charge is -2.41. The van der Waals surface area contributed by atoms with Gasteiger partial charge in [0.15, 0.2) is 5.78 Å². The van der Waals surface area contributed by atoms with Crippen LogP contribution in [0.1, 0.15) is 106 Å². The molecule has 0 bridgehead atoms. The fraction of sp³-hybridized carbons (Fsp3) is 0.766. The van der Waals surface area contributed by atoms with Crippen molar-refractivity contribution < 1.29 is 38.2 Å². The summed E-state index contributed by atoms with van der Waals surface area (Å²) < 4.78 is 18.3. The van der Waals surface area contributed by atoms with Gasteiger partial charge in [-0.2, -0.15) is 0 Å². The van der Waals surface area contributed by atoms with Crippen molar-refractivity contribution in [3.05, 3.63) is 35.9 Å². The number of Topliss-reactive ketones (excluding diaryl/α,β-unsaturated/α-hetero) is 2. The number of nitrogens with zero attached hydrogens (tertiary/aromatic N) is 4. The molecule has 2 saturated heterocycles. The van der Waals surface area contributed by atoms with Gasteiger partial charge in [-0.25, -0.2) is 4.79 Å². The summed E-state index contributed by atoms with van der Waals surface area (Å²) in [4.78, 5) is 77.0. The Morgan fingerprint density at radius 1 is 0.800 bits per heavy atom. The summed E-state index contributed by atoms with van der Waals surface area (Å²) in [6.45, 7) is 19.0. The van der Waals surface area contributed by atoms with Crippen LogP contribution in [0, 0.1) is 35.5 Å². The van der Waals surface area contributed by atoms with E-state index in [2.05, 4.69) is 19.2 Å². The second kappa shape index (κ2) is 24.3. The molecule has 2 aliphatic rings. The third-order valence-corrected chi connectivity index (χ3v) is 13.2. The van der Waals surface area contributed by atoms with Crippen LogP contribution in [0.2, 0.25) is 0 Å². The molecule has 2 heterocycles. The van der Waals surface area contributed by atoms with Gasteiger partial charge in [0, 0.05) is 84.6 Å². The molecule has 13 nitrogen and oxygen atoms in total. The fourth-order valence-electron chi connectivity index (χ4n) is 9.60. The van der Waals surface area contributed by atoms with Crippen molar-refractivity contribution in [3.8, 4) is 0 Å². The van der Waals surface area contributed by atoms with Gasteiger partial charge < -0.3 is 34.2 Å². The molecule has 0 aliphatic carbocycles. The van der Waals surface area contributed by atoms with Gasteiger partial charge in [-0.3, -0.25) is 24.1 Å². The first-order valence-electron chi connectivity index (χ1n) is 22.4. The number of hydrogen-bond donors (Lipinski definition) is 1. The van der Waals surface area contributed by atoms with Crippen LogP contribution in [0.15, 0.2) is 30.3 Å². The van der Waals surface area contributed by atoms with E-state index in [0.29, 0.717) is 39.1 Å². The van der Waals surface area contributed by atoms with Crippen molar-refractivity contribution in [1.29, 1.82) is 0 Å². The number of methoxy groups -OCH3 is 2. The number of amides is 3. The smallest absolute Gasteiger partial charge is 0.410 e. The Bertz CT molecular complexity index is 1510. The van der Waals surface area contributed by atoms with Gasteiger partial charge in [-0.15, -0.1) is 0 Å². The van der Waals surface area contributed by atoms with Gasteiger partial charge in [0.05, 0.1) is 36.8 Å². The summed E-state index contributed by atoms with van der Waals surface area (Å²) in [7, 11) is 8.76. The van der Waals surface area contributed by atoms with Crippen LogP contribution in [0.25, 0.3) is 0 Å². The maximum atomic E-state index is 14.4. The van der Waals surface area contributed by atoms with Crippen molar-refractivity contribution in [3.63, 3.8) is 0 Å². The Labute approximate surface area is 361 Å². The molecule has 3 amide bonds. The number of rotatable bonds is 23. The summed E-state index contributed by atoms with van der Waals surface area (Å²) in [5.41, 5.74) is 0.831. The monoisotopic (exact) mass is 842 g/mol. The van der Waals surface area contributed by atoms with Gasteiger partial charge in [-0.05, 0) is 50.3 Å². The van der Waals surface area contributed by atoms with Crippen LogP contribution in [0.5, 0.6) is 0 Å². The van der Waals surface area contributed by atoms with E-state index in [1.165, 1.54) is 0 Å². The largest absolute Gasteiger partial charge is 0.441 e. The zero-order valence-electron chi connectivity index (χ0n) is 39.1. The number of carbonyl (C=O) groups is 5. The first kappa shape index (κ1) is 51.0. The molecule has 1 unspecified atom stereocenters. The molecular weight excluding hydrogens is 763 g/mol.